The Hall–Kier alpha value is -2.59. The lowest BCUT2D eigenvalue weighted by Crippen LogP contribution is -2.51. The molecule has 0 spiro atoms. The summed E-state index contributed by atoms with van der Waals surface area (Å²) in [5, 5.41) is 3.56. The average Bonchev–Trinajstić information content (AvgIpc) is 2.70. The van der Waals surface area contributed by atoms with E-state index in [2.05, 4.69) is 11.4 Å². The molecule has 4 rings (SSSR count). The van der Waals surface area contributed by atoms with Crippen molar-refractivity contribution < 1.29 is 9.59 Å². The Morgan fingerprint density at radius 3 is 2.56 bits per heavy atom. The quantitative estimate of drug-likeness (QED) is 0.795. The zero-order chi connectivity index (χ0) is 18.8. The van der Waals surface area contributed by atoms with E-state index in [1.807, 2.05) is 41.3 Å². The Morgan fingerprint density at radius 1 is 1.07 bits per heavy atom. The van der Waals surface area contributed by atoms with Crippen LogP contribution in [0.2, 0.25) is 5.02 Å². The summed E-state index contributed by atoms with van der Waals surface area (Å²) >= 11 is 5.91. The van der Waals surface area contributed by atoms with E-state index in [4.69, 9.17) is 11.6 Å². The summed E-state index contributed by atoms with van der Waals surface area (Å²) in [7, 11) is 0. The van der Waals surface area contributed by atoms with E-state index in [9.17, 15) is 9.59 Å². The molecule has 4 nitrogen and oxygen atoms in total. The number of halogens is 1. The molecule has 2 aliphatic rings. The second-order valence-electron chi connectivity index (χ2n) is 7.07. The van der Waals surface area contributed by atoms with Gasteiger partial charge < -0.3 is 10.2 Å². The minimum Gasteiger partial charge on any atom is -0.326 e. The zero-order valence-corrected chi connectivity index (χ0v) is 15.6. The van der Waals surface area contributed by atoms with Gasteiger partial charge in [0.05, 0.1) is 11.8 Å². The normalized spacial score (nSPS) is 24.4. The summed E-state index contributed by atoms with van der Waals surface area (Å²) in [6.45, 7) is 0.680. The van der Waals surface area contributed by atoms with Crippen molar-refractivity contribution >= 4 is 34.8 Å². The number of benzene rings is 2. The summed E-state index contributed by atoms with van der Waals surface area (Å²) < 4.78 is 0. The molecule has 5 heteroatoms. The van der Waals surface area contributed by atoms with E-state index in [0.717, 1.165) is 12.1 Å². The molecule has 2 aromatic carbocycles. The van der Waals surface area contributed by atoms with E-state index in [0.29, 0.717) is 23.7 Å². The summed E-state index contributed by atoms with van der Waals surface area (Å²) in [4.78, 5) is 28.0. The minimum atomic E-state index is -0.366. The van der Waals surface area contributed by atoms with Crippen molar-refractivity contribution in [2.45, 2.75) is 12.8 Å². The van der Waals surface area contributed by atoms with Gasteiger partial charge in [0.25, 0.3) is 0 Å². The number of hydrogen-bond acceptors (Lipinski definition) is 2. The van der Waals surface area contributed by atoms with Gasteiger partial charge in [0.15, 0.2) is 0 Å². The topological polar surface area (TPSA) is 49.4 Å². The predicted molar refractivity (Wildman–Crippen MR) is 108 cm³/mol. The lowest BCUT2D eigenvalue weighted by molar-refractivity contribution is -0.133. The van der Waals surface area contributed by atoms with E-state index in [-0.39, 0.29) is 29.6 Å². The van der Waals surface area contributed by atoms with Crippen LogP contribution in [0.25, 0.3) is 0 Å². The number of fused-ring (bicyclic) bond motifs is 1. The predicted octanol–water partition coefficient (Wildman–Crippen LogP) is 4.52. The van der Waals surface area contributed by atoms with Crippen molar-refractivity contribution in [3.63, 3.8) is 0 Å². The monoisotopic (exact) mass is 380 g/mol. The van der Waals surface area contributed by atoms with Crippen LogP contribution in [-0.4, -0.2) is 18.4 Å². The first-order valence-corrected chi connectivity index (χ1v) is 9.61. The number of anilines is 2. The van der Waals surface area contributed by atoms with Gasteiger partial charge in [-0.2, -0.15) is 0 Å². The molecule has 1 heterocycles. The maximum absolute atomic E-state index is 13.3. The third kappa shape index (κ3) is 3.62. The third-order valence-corrected chi connectivity index (χ3v) is 5.67. The van der Waals surface area contributed by atoms with Crippen LogP contribution in [0.3, 0.4) is 0 Å². The molecule has 2 amide bonds. The van der Waals surface area contributed by atoms with Gasteiger partial charge in [0.2, 0.25) is 11.8 Å². The number of nitrogens with one attached hydrogen (secondary N) is 1. The minimum absolute atomic E-state index is 0.0399. The Labute approximate surface area is 163 Å². The van der Waals surface area contributed by atoms with Crippen molar-refractivity contribution in [1.29, 1.82) is 0 Å². The van der Waals surface area contributed by atoms with Crippen LogP contribution < -0.4 is 10.2 Å². The van der Waals surface area contributed by atoms with Crippen molar-refractivity contribution in [1.82, 2.24) is 0 Å². The van der Waals surface area contributed by atoms with Gasteiger partial charge in [-0.1, -0.05) is 42.0 Å². The molecular weight excluding hydrogens is 360 g/mol. The largest absolute Gasteiger partial charge is 0.326 e. The molecule has 138 valence electrons. The van der Waals surface area contributed by atoms with Crippen LogP contribution in [0.4, 0.5) is 11.4 Å². The second-order valence-corrected chi connectivity index (χ2v) is 7.51. The van der Waals surface area contributed by atoms with Crippen LogP contribution in [0.15, 0.2) is 66.7 Å². The highest BCUT2D eigenvalue weighted by Gasteiger charge is 2.44. The molecule has 1 saturated heterocycles. The van der Waals surface area contributed by atoms with Crippen LogP contribution in [0.5, 0.6) is 0 Å². The first kappa shape index (κ1) is 17.8. The highest BCUT2D eigenvalue weighted by Crippen LogP contribution is 2.39. The number of para-hydroxylation sites is 1. The molecule has 0 aromatic heterocycles. The number of amides is 2. The third-order valence-electron chi connectivity index (χ3n) is 5.42. The Morgan fingerprint density at radius 2 is 1.81 bits per heavy atom. The molecule has 0 radical (unpaired) electrons. The highest BCUT2D eigenvalue weighted by atomic mass is 35.5. The standard InChI is InChI=1S/C22H21ClN2O2/c23-16-9-11-17(12-10-16)24-21(26)19-8-4-5-15-13-14-25(22(27)20(15)19)18-6-2-1-3-7-18/h1-7,9-12,15,19-20H,8,13-14H2,(H,24,26)/t15?,19-,20?/m0/s1. The number of allylic oxidation sites excluding steroid dienone is 2. The fourth-order valence-electron chi connectivity index (χ4n) is 4.07. The second kappa shape index (κ2) is 7.57. The van der Waals surface area contributed by atoms with E-state index < -0.39 is 0 Å². The molecule has 1 N–H and O–H groups in total. The van der Waals surface area contributed by atoms with Crippen LogP contribution in [-0.2, 0) is 9.59 Å². The summed E-state index contributed by atoms with van der Waals surface area (Å²) in [5.41, 5.74) is 1.59. The van der Waals surface area contributed by atoms with Crippen LogP contribution in [0, 0.1) is 17.8 Å². The number of nitrogens with zero attached hydrogens (tertiary/aromatic N) is 1. The van der Waals surface area contributed by atoms with Gasteiger partial charge in [-0.05, 0) is 55.2 Å². The summed E-state index contributed by atoms with van der Waals surface area (Å²) in [6.07, 6.45) is 5.59. The summed E-state index contributed by atoms with van der Waals surface area (Å²) in [5.74, 6) is -0.642. The maximum atomic E-state index is 13.3. The molecule has 2 aromatic rings. The van der Waals surface area contributed by atoms with Crippen molar-refractivity contribution in [2.75, 3.05) is 16.8 Å². The number of hydrogen-bond donors (Lipinski definition) is 1. The van der Waals surface area contributed by atoms with E-state index >= 15 is 0 Å². The Kier molecular flexibility index (Phi) is 4.99. The van der Waals surface area contributed by atoms with Crippen molar-refractivity contribution in [3.05, 3.63) is 71.8 Å². The number of carbonyl (C=O) groups excluding carboxylic acids is 2. The molecule has 1 fully saturated rings. The first-order chi connectivity index (χ1) is 13.1. The zero-order valence-electron chi connectivity index (χ0n) is 14.8. The van der Waals surface area contributed by atoms with E-state index in [1.54, 1.807) is 24.3 Å². The Bertz CT molecular complexity index is 864. The molecule has 1 aliphatic heterocycles. The summed E-state index contributed by atoms with van der Waals surface area (Å²) in [6, 6.07) is 16.7. The van der Waals surface area contributed by atoms with Crippen molar-refractivity contribution in [2.24, 2.45) is 17.8 Å². The highest BCUT2D eigenvalue weighted by molar-refractivity contribution is 6.30. The first-order valence-electron chi connectivity index (χ1n) is 9.23. The average molecular weight is 381 g/mol. The fourth-order valence-corrected chi connectivity index (χ4v) is 4.19. The SMILES string of the molecule is O=C(Nc1ccc(Cl)cc1)[C@H]1CC=CC2CCN(c3ccccc3)C(=O)C21. The molecule has 3 atom stereocenters. The van der Waals surface area contributed by atoms with Crippen LogP contribution in [0.1, 0.15) is 12.8 Å². The molecule has 1 aliphatic carbocycles. The lowest BCUT2D eigenvalue weighted by Gasteiger charge is -2.41. The van der Waals surface area contributed by atoms with Gasteiger partial charge in [-0.3, -0.25) is 9.59 Å². The molecule has 0 saturated carbocycles. The van der Waals surface area contributed by atoms with Gasteiger partial charge >= 0.3 is 0 Å². The van der Waals surface area contributed by atoms with Gasteiger partial charge in [-0.15, -0.1) is 0 Å². The smallest absolute Gasteiger partial charge is 0.231 e. The molecule has 0 bridgehead atoms. The van der Waals surface area contributed by atoms with Crippen molar-refractivity contribution in [3.8, 4) is 0 Å². The van der Waals surface area contributed by atoms with Gasteiger partial charge in [0.1, 0.15) is 0 Å². The number of piperidine rings is 1. The molecular formula is C22H21ClN2O2. The number of rotatable bonds is 3. The Balaban J connectivity index is 1.56. The van der Waals surface area contributed by atoms with Gasteiger partial charge in [0, 0.05) is 22.9 Å². The van der Waals surface area contributed by atoms with Crippen LogP contribution >= 0.6 is 11.6 Å². The molecule has 2 unspecified atom stereocenters. The van der Waals surface area contributed by atoms with Gasteiger partial charge in [-0.25, -0.2) is 0 Å². The van der Waals surface area contributed by atoms with E-state index in [1.165, 1.54) is 0 Å². The maximum Gasteiger partial charge on any atom is 0.231 e. The fraction of sp³-hybridized carbons (Fsp3) is 0.273. The number of carbonyl (C=O) groups is 2. The lowest BCUT2D eigenvalue weighted by atomic mass is 9.71. The molecule has 27 heavy (non-hydrogen) atoms.